The topological polar surface area (TPSA) is 55.4 Å². The minimum absolute atomic E-state index is 0.0102. The Morgan fingerprint density at radius 1 is 1.33 bits per heavy atom. The van der Waals surface area contributed by atoms with Gasteiger partial charge in [0.25, 0.3) is 0 Å². The van der Waals surface area contributed by atoms with Gasteiger partial charge in [0.05, 0.1) is 12.0 Å². The molecule has 1 saturated carbocycles. The van der Waals surface area contributed by atoms with E-state index >= 15 is 0 Å². The second kappa shape index (κ2) is 5.44. The molecule has 2 unspecified atom stereocenters. The second-order valence-corrected chi connectivity index (χ2v) is 7.91. The lowest BCUT2D eigenvalue weighted by molar-refractivity contribution is 0.411. The van der Waals surface area contributed by atoms with Gasteiger partial charge in [-0.1, -0.05) is 6.07 Å². The number of nitrogens with one attached hydrogen (secondary N) is 1. The lowest BCUT2D eigenvalue weighted by atomic mass is 10.2. The third-order valence-electron chi connectivity index (χ3n) is 3.68. The van der Waals surface area contributed by atoms with Gasteiger partial charge in [-0.25, -0.2) is 13.1 Å². The first-order valence-electron chi connectivity index (χ1n) is 6.71. The minimum atomic E-state index is -3.47. The van der Waals surface area contributed by atoms with E-state index in [0.717, 1.165) is 12.0 Å². The third-order valence-corrected chi connectivity index (χ3v) is 6.17. The van der Waals surface area contributed by atoms with Gasteiger partial charge in [-0.05, 0) is 48.6 Å². The minimum Gasteiger partial charge on any atom is -0.496 e. The summed E-state index contributed by atoms with van der Waals surface area (Å²) in [6.45, 7) is 1.84. The first-order valence-corrected chi connectivity index (χ1v) is 9.08. The fourth-order valence-electron chi connectivity index (χ4n) is 2.43. The van der Waals surface area contributed by atoms with Crippen LogP contribution in [-0.4, -0.2) is 21.6 Å². The SMILES string of the molecule is COc1ccc(S(=O)(=O)NC2CC2c2cccs2)cc1C. The van der Waals surface area contributed by atoms with Crippen LogP contribution in [0.5, 0.6) is 5.75 Å². The third kappa shape index (κ3) is 2.97. The molecule has 4 nitrogen and oxygen atoms in total. The van der Waals surface area contributed by atoms with E-state index in [0.29, 0.717) is 11.7 Å². The summed E-state index contributed by atoms with van der Waals surface area (Å²) in [6, 6.07) is 8.97. The molecule has 1 N–H and O–H groups in total. The highest BCUT2D eigenvalue weighted by molar-refractivity contribution is 7.89. The Bertz CT molecular complexity index is 738. The zero-order valence-electron chi connectivity index (χ0n) is 11.9. The van der Waals surface area contributed by atoms with Crippen molar-refractivity contribution in [2.75, 3.05) is 7.11 Å². The average molecular weight is 323 g/mol. The van der Waals surface area contributed by atoms with Crippen LogP contribution in [0.2, 0.25) is 0 Å². The highest BCUT2D eigenvalue weighted by Crippen LogP contribution is 2.43. The van der Waals surface area contributed by atoms with Crippen molar-refractivity contribution < 1.29 is 13.2 Å². The molecule has 1 aliphatic rings. The van der Waals surface area contributed by atoms with Crippen molar-refractivity contribution in [1.82, 2.24) is 4.72 Å². The number of thiophene rings is 1. The summed E-state index contributed by atoms with van der Waals surface area (Å²) in [6.07, 6.45) is 0.870. The molecule has 3 rings (SSSR count). The standard InChI is InChI=1S/C15H17NO3S2/c1-10-8-11(5-6-14(10)19-2)21(17,18)16-13-9-12(13)15-4-3-7-20-15/h3-8,12-13,16H,9H2,1-2H3. The number of aryl methyl sites for hydroxylation is 1. The van der Waals surface area contributed by atoms with Crippen molar-refractivity contribution in [3.8, 4) is 5.75 Å². The quantitative estimate of drug-likeness (QED) is 0.920. The van der Waals surface area contributed by atoms with Crippen LogP contribution >= 0.6 is 11.3 Å². The largest absolute Gasteiger partial charge is 0.496 e. The van der Waals surface area contributed by atoms with Crippen LogP contribution in [0, 0.1) is 6.92 Å². The molecule has 21 heavy (non-hydrogen) atoms. The first-order chi connectivity index (χ1) is 10.0. The van der Waals surface area contributed by atoms with Gasteiger partial charge in [-0.2, -0.15) is 0 Å². The molecule has 0 bridgehead atoms. The maximum atomic E-state index is 12.4. The van der Waals surface area contributed by atoms with E-state index in [9.17, 15) is 8.42 Å². The molecule has 0 saturated heterocycles. The van der Waals surface area contributed by atoms with Crippen LogP contribution < -0.4 is 9.46 Å². The van der Waals surface area contributed by atoms with Crippen molar-refractivity contribution in [3.05, 3.63) is 46.2 Å². The molecule has 0 spiro atoms. The Kier molecular flexibility index (Phi) is 3.77. The molecule has 1 aliphatic carbocycles. The fourth-order valence-corrected chi connectivity index (χ4v) is 4.71. The fraction of sp³-hybridized carbons (Fsp3) is 0.333. The van der Waals surface area contributed by atoms with Crippen LogP contribution in [0.3, 0.4) is 0 Å². The van der Waals surface area contributed by atoms with Crippen LogP contribution in [0.15, 0.2) is 40.6 Å². The Hall–Kier alpha value is -1.37. The number of sulfonamides is 1. The van der Waals surface area contributed by atoms with E-state index in [1.54, 1.807) is 36.6 Å². The smallest absolute Gasteiger partial charge is 0.240 e. The number of benzene rings is 1. The predicted octanol–water partition coefficient (Wildman–Crippen LogP) is 2.90. The second-order valence-electron chi connectivity index (χ2n) is 5.22. The summed E-state index contributed by atoms with van der Waals surface area (Å²) in [4.78, 5) is 1.53. The molecule has 1 fully saturated rings. The molecule has 6 heteroatoms. The van der Waals surface area contributed by atoms with Crippen LogP contribution in [0.25, 0.3) is 0 Å². The normalized spacial score (nSPS) is 21.2. The van der Waals surface area contributed by atoms with Gasteiger partial charge in [-0.3, -0.25) is 0 Å². The molecule has 2 aromatic rings. The Labute approximate surface area is 128 Å². The molecule has 2 atom stereocenters. The van der Waals surface area contributed by atoms with E-state index in [1.807, 2.05) is 18.4 Å². The van der Waals surface area contributed by atoms with E-state index in [-0.39, 0.29) is 10.9 Å². The maximum absolute atomic E-state index is 12.4. The Balaban J connectivity index is 1.75. The summed E-state index contributed by atoms with van der Waals surface area (Å²) in [5.74, 6) is 1.01. The van der Waals surface area contributed by atoms with Gasteiger partial charge in [0.2, 0.25) is 10.0 Å². The van der Waals surface area contributed by atoms with Gasteiger partial charge in [-0.15, -0.1) is 11.3 Å². The van der Waals surface area contributed by atoms with Gasteiger partial charge >= 0.3 is 0 Å². The summed E-state index contributed by atoms with van der Waals surface area (Å²) < 4.78 is 32.7. The van der Waals surface area contributed by atoms with Crippen molar-refractivity contribution in [2.45, 2.75) is 30.2 Å². The molecular weight excluding hydrogens is 306 g/mol. The number of rotatable bonds is 5. The maximum Gasteiger partial charge on any atom is 0.240 e. The average Bonchev–Trinajstić information content (AvgIpc) is 2.99. The zero-order chi connectivity index (χ0) is 15.0. The summed E-state index contributed by atoms with van der Waals surface area (Å²) in [5, 5.41) is 2.02. The summed E-state index contributed by atoms with van der Waals surface area (Å²) >= 11 is 1.68. The van der Waals surface area contributed by atoms with E-state index in [4.69, 9.17) is 4.74 Å². The lowest BCUT2D eigenvalue weighted by Crippen LogP contribution is -2.26. The number of hydrogen-bond donors (Lipinski definition) is 1. The Morgan fingerprint density at radius 3 is 2.76 bits per heavy atom. The zero-order valence-corrected chi connectivity index (χ0v) is 13.5. The van der Waals surface area contributed by atoms with Gasteiger partial charge < -0.3 is 4.74 Å². The number of ether oxygens (including phenoxy) is 1. The molecular formula is C15H17NO3S2. The number of hydrogen-bond acceptors (Lipinski definition) is 4. The van der Waals surface area contributed by atoms with Gasteiger partial charge in [0.1, 0.15) is 5.75 Å². The lowest BCUT2D eigenvalue weighted by Gasteiger charge is -2.09. The molecule has 0 amide bonds. The summed E-state index contributed by atoms with van der Waals surface area (Å²) in [5.41, 5.74) is 0.811. The van der Waals surface area contributed by atoms with Crippen molar-refractivity contribution >= 4 is 21.4 Å². The van der Waals surface area contributed by atoms with Crippen LogP contribution in [0.4, 0.5) is 0 Å². The first kappa shape index (κ1) is 14.6. The van der Waals surface area contributed by atoms with Crippen molar-refractivity contribution in [2.24, 2.45) is 0 Å². The van der Waals surface area contributed by atoms with Crippen LogP contribution in [0.1, 0.15) is 22.8 Å². The van der Waals surface area contributed by atoms with E-state index in [1.165, 1.54) is 4.88 Å². The molecule has 112 valence electrons. The highest BCUT2D eigenvalue weighted by atomic mass is 32.2. The summed E-state index contributed by atoms with van der Waals surface area (Å²) in [7, 11) is -1.90. The molecule has 1 aromatic carbocycles. The van der Waals surface area contributed by atoms with E-state index in [2.05, 4.69) is 10.8 Å². The predicted molar refractivity (Wildman–Crippen MR) is 83.5 cm³/mol. The van der Waals surface area contributed by atoms with Crippen molar-refractivity contribution in [3.63, 3.8) is 0 Å². The van der Waals surface area contributed by atoms with Gasteiger partial charge in [0, 0.05) is 16.8 Å². The Morgan fingerprint density at radius 2 is 2.14 bits per heavy atom. The van der Waals surface area contributed by atoms with E-state index < -0.39 is 10.0 Å². The van der Waals surface area contributed by atoms with Crippen molar-refractivity contribution in [1.29, 1.82) is 0 Å². The number of methoxy groups -OCH3 is 1. The highest BCUT2D eigenvalue weighted by Gasteiger charge is 2.41. The molecule has 0 radical (unpaired) electrons. The molecule has 0 aliphatic heterocycles. The van der Waals surface area contributed by atoms with Gasteiger partial charge in [0.15, 0.2) is 0 Å². The monoisotopic (exact) mass is 323 g/mol. The molecule has 1 heterocycles. The molecule has 1 aromatic heterocycles. The van der Waals surface area contributed by atoms with Crippen LogP contribution in [-0.2, 0) is 10.0 Å².